The van der Waals surface area contributed by atoms with E-state index in [1.807, 2.05) is 6.92 Å². The number of methoxy groups -OCH3 is 1. The summed E-state index contributed by atoms with van der Waals surface area (Å²) in [7, 11) is -1.96. The van der Waals surface area contributed by atoms with Crippen LogP contribution >= 0.6 is 0 Å². The molecule has 178 valence electrons. The molecule has 0 saturated carbocycles. The van der Waals surface area contributed by atoms with E-state index in [2.05, 4.69) is 4.98 Å². The van der Waals surface area contributed by atoms with Crippen molar-refractivity contribution in [1.29, 1.82) is 0 Å². The van der Waals surface area contributed by atoms with E-state index in [0.717, 1.165) is 6.26 Å². The van der Waals surface area contributed by atoms with Crippen molar-refractivity contribution in [2.45, 2.75) is 13.0 Å². The van der Waals surface area contributed by atoms with Crippen molar-refractivity contribution in [3.8, 4) is 22.6 Å². The Bertz CT molecular complexity index is 1510. The van der Waals surface area contributed by atoms with Crippen LogP contribution in [0, 0.1) is 5.82 Å². The minimum atomic E-state index is -3.48. The molecule has 1 N–H and O–H groups in total. The van der Waals surface area contributed by atoms with Gasteiger partial charge in [-0.1, -0.05) is 30.3 Å². The van der Waals surface area contributed by atoms with Gasteiger partial charge in [0.05, 0.1) is 36.5 Å². The molecule has 0 unspecified atom stereocenters. The van der Waals surface area contributed by atoms with Gasteiger partial charge in [-0.05, 0) is 48.4 Å². The SMILES string of the molecule is CCOc1cc([C@H](CS(C)(=O)=O)n2c(=O)[nH]c3cc(-c4ccccc4F)ccc32)ccc1OC. The summed E-state index contributed by atoms with van der Waals surface area (Å²) in [6.07, 6.45) is 1.13. The van der Waals surface area contributed by atoms with Crippen LogP contribution in [0.1, 0.15) is 18.5 Å². The quantitative estimate of drug-likeness (QED) is 0.405. The monoisotopic (exact) mass is 484 g/mol. The number of nitrogens with one attached hydrogen (secondary N) is 1. The molecule has 0 aliphatic heterocycles. The second kappa shape index (κ2) is 9.34. The van der Waals surface area contributed by atoms with Crippen LogP contribution in [0.25, 0.3) is 22.2 Å². The van der Waals surface area contributed by atoms with Gasteiger partial charge in [-0.15, -0.1) is 0 Å². The third kappa shape index (κ3) is 4.70. The van der Waals surface area contributed by atoms with Gasteiger partial charge in [0.2, 0.25) is 0 Å². The number of benzene rings is 3. The molecule has 0 saturated heterocycles. The number of sulfone groups is 1. The van der Waals surface area contributed by atoms with Crippen molar-refractivity contribution < 1.29 is 22.3 Å². The van der Waals surface area contributed by atoms with Crippen LogP contribution in [0.4, 0.5) is 4.39 Å². The molecule has 34 heavy (non-hydrogen) atoms. The molecule has 9 heteroatoms. The highest BCUT2D eigenvalue weighted by Gasteiger charge is 2.25. The normalized spacial score (nSPS) is 12.6. The number of aromatic amines is 1. The molecule has 4 aromatic rings. The Labute approximate surface area is 196 Å². The fraction of sp³-hybridized carbons (Fsp3) is 0.240. The van der Waals surface area contributed by atoms with Gasteiger partial charge in [-0.25, -0.2) is 17.6 Å². The number of aromatic nitrogens is 2. The molecule has 0 fully saturated rings. The van der Waals surface area contributed by atoms with Crippen LogP contribution in [0.15, 0.2) is 65.5 Å². The second-order valence-electron chi connectivity index (χ2n) is 7.96. The Morgan fingerprint density at radius 1 is 1.06 bits per heavy atom. The van der Waals surface area contributed by atoms with Gasteiger partial charge in [0.25, 0.3) is 0 Å². The molecular weight excluding hydrogens is 459 g/mol. The van der Waals surface area contributed by atoms with Gasteiger partial charge >= 0.3 is 5.69 Å². The van der Waals surface area contributed by atoms with E-state index in [4.69, 9.17) is 9.47 Å². The Hall–Kier alpha value is -3.59. The van der Waals surface area contributed by atoms with E-state index in [1.54, 1.807) is 54.6 Å². The maximum Gasteiger partial charge on any atom is 0.327 e. The van der Waals surface area contributed by atoms with E-state index in [-0.39, 0.29) is 11.6 Å². The van der Waals surface area contributed by atoms with Gasteiger partial charge in [0, 0.05) is 11.8 Å². The molecule has 0 amide bonds. The highest BCUT2D eigenvalue weighted by molar-refractivity contribution is 7.90. The predicted molar refractivity (Wildman–Crippen MR) is 130 cm³/mol. The van der Waals surface area contributed by atoms with Gasteiger partial charge in [-0.3, -0.25) is 4.57 Å². The second-order valence-corrected chi connectivity index (χ2v) is 10.1. The number of fused-ring (bicyclic) bond motifs is 1. The first-order chi connectivity index (χ1) is 16.2. The summed E-state index contributed by atoms with van der Waals surface area (Å²) < 4.78 is 51.4. The van der Waals surface area contributed by atoms with E-state index < -0.39 is 21.6 Å². The third-order valence-corrected chi connectivity index (χ3v) is 6.47. The Kier molecular flexibility index (Phi) is 6.47. The molecule has 4 rings (SSSR count). The zero-order valence-electron chi connectivity index (χ0n) is 19.0. The smallest absolute Gasteiger partial charge is 0.327 e. The van der Waals surface area contributed by atoms with Gasteiger partial charge in [-0.2, -0.15) is 0 Å². The van der Waals surface area contributed by atoms with Crippen LogP contribution in [-0.2, 0) is 9.84 Å². The lowest BCUT2D eigenvalue weighted by molar-refractivity contribution is 0.310. The highest BCUT2D eigenvalue weighted by Crippen LogP contribution is 2.33. The average Bonchev–Trinajstić information content (AvgIpc) is 3.12. The minimum Gasteiger partial charge on any atom is -0.493 e. The molecule has 1 atom stereocenters. The zero-order valence-corrected chi connectivity index (χ0v) is 19.9. The number of hydrogen-bond acceptors (Lipinski definition) is 5. The maximum atomic E-state index is 14.3. The largest absolute Gasteiger partial charge is 0.493 e. The van der Waals surface area contributed by atoms with Gasteiger partial charge in [0.15, 0.2) is 11.5 Å². The zero-order chi connectivity index (χ0) is 24.5. The van der Waals surface area contributed by atoms with Crippen LogP contribution in [0.3, 0.4) is 0 Å². The molecule has 3 aromatic carbocycles. The van der Waals surface area contributed by atoms with Crippen LogP contribution in [0.5, 0.6) is 11.5 Å². The first-order valence-electron chi connectivity index (χ1n) is 10.7. The molecule has 0 radical (unpaired) electrons. The highest BCUT2D eigenvalue weighted by atomic mass is 32.2. The summed E-state index contributed by atoms with van der Waals surface area (Å²) >= 11 is 0. The average molecular weight is 485 g/mol. The molecule has 1 aromatic heterocycles. The van der Waals surface area contributed by atoms with Crippen molar-refractivity contribution in [2.75, 3.05) is 25.7 Å². The Morgan fingerprint density at radius 2 is 1.82 bits per heavy atom. The molecule has 0 bridgehead atoms. The van der Waals surface area contributed by atoms with Crippen LogP contribution in [-0.4, -0.2) is 43.7 Å². The summed E-state index contributed by atoms with van der Waals surface area (Å²) in [6, 6.07) is 15.7. The molecule has 7 nitrogen and oxygen atoms in total. The number of nitrogens with zero attached hydrogens (tertiary/aromatic N) is 1. The third-order valence-electron chi connectivity index (χ3n) is 5.55. The summed E-state index contributed by atoms with van der Waals surface area (Å²) in [4.78, 5) is 15.9. The van der Waals surface area contributed by atoms with Crippen LogP contribution < -0.4 is 15.2 Å². The van der Waals surface area contributed by atoms with Crippen molar-refractivity contribution in [1.82, 2.24) is 9.55 Å². The lowest BCUT2D eigenvalue weighted by Gasteiger charge is -2.20. The topological polar surface area (TPSA) is 90.4 Å². The minimum absolute atomic E-state index is 0.299. The summed E-state index contributed by atoms with van der Waals surface area (Å²) in [5.74, 6) is 0.285. The summed E-state index contributed by atoms with van der Waals surface area (Å²) in [5.41, 5.74) is 2.10. The fourth-order valence-electron chi connectivity index (χ4n) is 4.08. The summed E-state index contributed by atoms with van der Waals surface area (Å²) in [6.45, 7) is 2.22. The number of halogens is 1. The molecule has 0 spiro atoms. The predicted octanol–water partition coefficient (Wildman–Crippen LogP) is 4.18. The maximum absolute atomic E-state index is 14.3. The molecular formula is C25H25FN2O5S. The number of H-pyrrole nitrogens is 1. The van der Waals surface area contributed by atoms with Crippen molar-refractivity contribution in [2.24, 2.45) is 0 Å². The summed E-state index contributed by atoms with van der Waals surface area (Å²) in [5, 5.41) is 0. The standard InChI is InChI=1S/C25H25FN2O5S/c1-4-33-24-14-17(10-12-23(24)32-2)22(15-34(3,30)31)28-21-11-9-16(13-20(21)27-25(28)29)18-7-5-6-8-19(18)26/h5-14,22H,4,15H2,1-3H3,(H,27,29)/t22-/m0/s1. The van der Waals surface area contributed by atoms with Crippen molar-refractivity contribution in [3.05, 3.63) is 82.5 Å². The first kappa shape index (κ1) is 23.6. The van der Waals surface area contributed by atoms with Crippen LogP contribution in [0.2, 0.25) is 0 Å². The number of hydrogen-bond donors (Lipinski definition) is 1. The van der Waals surface area contributed by atoms with Crippen molar-refractivity contribution >= 4 is 20.9 Å². The van der Waals surface area contributed by atoms with E-state index in [0.29, 0.717) is 45.8 Å². The number of ether oxygens (including phenoxy) is 2. The Morgan fingerprint density at radius 3 is 2.50 bits per heavy atom. The molecule has 1 heterocycles. The fourth-order valence-corrected chi connectivity index (χ4v) is 4.99. The van der Waals surface area contributed by atoms with E-state index in [1.165, 1.54) is 17.7 Å². The number of rotatable bonds is 8. The van der Waals surface area contributed by atoms with E-state index in [9.17, 15) is 17.6 Å². The lowest BCUT2D eigenvalue weighted by atomic mass is 10.0. The Balaban J connectivity index is 1.89. The first-order valence-corrected chi connectivity index (χ1v) is 12.8. The molecule has 0 aliphatic rings. The number of imidazole rings is 1. The molecule has 0 aliphatic carbocycles. The van der Waals surface area contributed by atoms with Crippen molar-refractivity contribution in [3.63, 3.8) is 0 Å². The van der Waals surface area contributed by atoms with E-state index >= 15 is 0 Å². The van der Waals surface area contributed by atoms with Gasteiger partial charge in [0.1, 0.15) is 15.7 Å². The van der Waals surface area contributed by atoms with Gasteiger partial charge < -0.3 is 14.5 Å². The lowest BCUT2D eigenvalue weighted by Crippen LogP contribution is -2.28.